The predicted molar refractivity (Wildman–Crippen MR) is 70.6 cm³/mol. The Kier molecular flexibility index (Phi) is 4.22. The number of nitrogens with zero attached hydrogens (tertiary/aromatic N) is 1. The van der Waals surface area contributed by atoms with E-state index in [1.165, 1.54) is 12.1 Å². The summed E-state index contributed by atoms with van der Waals surface area (Å²) in [5, 5.41) is 0. The van der Waals surface area contributed by atoms with Crippen LogP contribution in [-0.2, 0) is 12.8 Å². The van der Waals surface area contributed by atoms with Crippen molar-refractivity contribution in [3.8, 4) is 0 Å². The van der Waals surface area contributed by atoms with Crippen molar-refractivity contribution in [2.45, 2.75) is 25.8 Å². The van der Waals surface area contributed by atoms with Crippen LogP contribution in [0, 0.1) is 11.6 Å². The number of aryl methyl sites for hydroxylation is 1. The van der Waals surface area contributed by atoms with E-state index in [1.54, 1.807) is 12.4 Å². The van der Waals surface area contributed by atoms with Crippen LogP contribution in [0.1, 0.15) is 29.7 Å². The van der Waals surface area contributed by atoms with Gasteiger partial charge in [0.2, 0.25) is 0 Å². The van der Waals surface area contributed by atoms with Crippen molar-refractivity contribution in [3.05, 3.63) is 65.0 Å². The van der Waals surface area contributed by atoms with Crippen molar-refractivity contribution in [2.24, 2.45) is 5.73 Å². The zero-order valence-electron chi connectivity index (χ0n) is 10.7. The lowest BCUT2D eigenvalue weighted by Crippen LogP contribution is -2.15. The van der Waals surface area contributed by atoms with Crippen LogP contribution in [0.25, 0.3) is 0 Å². The fourth-order valence-electron chi connectivity index (χ4n) is 2.19. The molecule has 0 aliphatic heterocycles. The first-order valence-corrected chi connectivity index (χ1v) is 6.23. The van der Waals surface area contributed by atoms with Gasteiger partial charge in [0.25, 0.3) is 0 Å². The molecule has 0 amide bonds. The summed E-state index contributed by atoms with van der Waals surface area (Å²) < 4.78 is 26.3. The molecule has 0 fully saturated rings. The molecule has 1 aromatic heterocycles. The standard InChI is InChI=1S/C15H16F2N2/c1-2-11-9-19-4-3-14(11)15(18)7-10-5-12(16)8-13(17)6-10/h3-6,8-9,15H,2,7,18H2,1H3. The van der Waals surface area contributed by atoms with Gasteiger partial charge in [0.15, 0.2) is 0 Å². The highest BCUT2D eigenvalue weighted by atomic mass is 19.1. The van der Waals surface area contributed by atoms with Crippen molar-refractivity contribution in [2.75, 3.05) is 0 Å². The number of rotatable bonds is 4. The molecule has 0 aliphatic carbocycles. The molecule has 100 valence electrons. The van der Waals surface area contributed by atoms with Gasteiger partial charge >= 0.3 is 0 Å². The minimum atomic E-state index is -0.576. The van der Waals surface area contributed by atoms with Gasteiger partial charge in [0, 0.05) is 24.5 Å². The summed E-state index contributed by atoms with van der Waals surface area (Å²) in [5.74, 6) is -1.15. The highest BCUT2D eigenvalue weighted by Crippen LogP contribution is 2.20. The quantitative estimate of drug-likeness (QED) is 0.919. The van der Waals surface area contributed by atoms with Gasteiger partial charge in [0.05, 0.1) is 0 Å². The van der Waals surface area contributed by atoms with Crippen molar-refractivity contribution in [1.82, 2.24) is 4.98 Å². The minimum Gasteiger partial charge on any atom is -0.324 e. The number of hydrogen-bond donors (Lipinski definition) is 1. The lowest BCUT2D eigenvalue weighted by Gasteiger charge is -2.15. The van der Waals surface area contributed by atoms with Crippen molar-refractivity contribution >= 4 is 0 Å². The first-order chi connectivity index (χ1) is 9.10. The van der Waals surface area contributed by atoms with Crippen molar-refractivity contribution in [3.63, 3.8) is 0 Å². The van der Waals surface area contributed by atoms with E-state index in [0.717, 1.165) is 23.6 Å². The van der Waals surface area contributed by atoms with Gasteiger partial charge in [-0.05, 0) is 47.7 Å². The van der Waals surface area contributed by atoms with Gasteiger partial charge in [-0.2, -0.15) is 0 Å². The Labute approximate surface area is 111 Å². The third-order valence-electron chi connectivity index (χ3n) is 3.10. The minimum absolute atomic E-state index is 0.292. The Bertz CT molecular complexity index is 550. The molecule has 19 heavy (non-hydrogen) atoms. The molecule has 0 radical (unpaired) electrons. The van der Waals surface area contributed by atoms with Crippen LogP contribution in [-0.4, -0.2) is 4.98 Å². The van der Waals surface area contributed by atoms with E-state index in [0.29, 0.717) is 12.0 Å². The molecule has 4 heteroatoms. The van der Waals surface area contributed by atoms with E-state index < -0.39 is 11.6 Å². The third-order valence-corrected chi connectivity index (χ3v) is 3.10. The van der Waals surface area contributed by atoms with E-state index in [-0.39, 0.29) is 6.04 Å². The maximum atomic E-state index is 13.1. The van der Waals surface area contributed by atoms with E-state index in [2.05, 4.69) is 4.98 Å². The Morgan fingerprint density at radius 1 is 1.21 bits per heavy atom. The van der Waals surface area contributed by atoms with E-state index in [1.807, 2.05) is 13.0 Å². The topological polar surface area (TPSA) is 38.9 Å². The first kappa shape index (κ1) is 13.6. The molecule has 1 aromatic carbocycles. The summed E-state index contributed by atoms with van der Waals surface area (Å²) in [6.07, 6.45) is 4.68. The van der Waals surface area contributed by atoms with Gasteiger partial charge in [-0.3, -0.25) is 4.98 Å². The molecular formula is C15H16F2N2. The number of hydrogen-bond acceptors (Lipinski definition) is 2. The Balaban J connectivity index is 2.22. The molecule has 0 spiro atoms. The molecule has 0 saturated heterocycles. The van der Waals surface area contributed by atoms with Crippen molar-refractivity contribution < 1.29 is 8.78 Å². The maximum absolute atomic E-state index is 13.1. The summed E-state index contributed by atoms with van der Waals surface area (Å²) in [6.45, 7) is 2.02. The number of pyridine rings is 1. The van der Waals surface area contributed by atoms with Gasteiger partial charge in [-0.25, -0.2) is 8.78 Å². The van der Waals surface area contributed by atoms with E-state index >= 15 is 0 Å². The lowest BCUT2D eigenvalue weighted by molar-refractivity contribution is 0.576. The number of nitrogens with two attached hydrogens (primary N) is 1. The second-order valence-corrected chi connectivity index (χ2v) is 4.52. The summed E-state index contributed by atoms with van der Waals surface area (Å²) in [5.41, 5.74) is 8.73. The van der Waals surface area contributed by atoms with Gasteiger partial charge in [-0.1, -0.05) is 6.92 Å². The molecule has 0 bridgehead atoms. The first-order valence-electron chi connectivity index (χ1n) is 6.23. The number of aromatic nitrogens is 1. The number of halogens is 2. The highest BCUT2D eigenvalue weighted by Gasteiger charge is 2.12. The molecule has 1 atom stereocenters. The smallest absolute Gasteiger partial charge is 0.126 e. The summed E-state index contributed by atoms with van der Waals surface area (Å²) in [7, 11) is 0. The second kappa shape index (κ2) is 5.89. The molecule has 0 saturated carbocycles. The predicted octanol–water partition coefficient (Wildman–Crippen LogP) is 3.16. The molecular weight excluding hydrogens is 246 g/mol. The zero-order chi connectivity index (χ0) is 13.8. The molecule has 2 nitrogen and oxygen atoms in total. The summed E-state index contributed by atoms with van der Waals surface area (Å²) in [4.78, 5) is 4.06. The monoisotopic (exact) mass is 262 g/mol. The van der Waals surface area contributed by atoms with Crippen LogP contribution in [0.3, 0.4) is 0 Å². The molecule has 2 N–H and O–H groups in total. The van der Waals surface area contributed by atoms with E-state index in [9.17, 15) is 8.78 Å². The van der Waals surface area contributed by atoms with Gasteiger partial charge in [-0.15, -0.1) is 0 Å². The maximum Gasteiger partial charge on any atom is 0.126 e. The fourth-order valence-corrected chi connectivity index (χ4v) is 2.19. The van der Waals surface area contributed by atoms with Crippen LogP contribution >= 0.6 is 0 Å². The Morgan fingerprint density at radius 3 is 2.53 bits per heavy atom. The average Bonchev–Trinajstić information content (AvgIpc) is 2.37. The third kappa shape index (κ3) is 3.35. The largest absolute Gasteiger partial charge is 0.324 e. The Hall–Kier alpha value is -1.81. The lowest BCUT2D eigenvalue weighted by atomic mass is 9.96. The zero-order valence-corrected chi connectivity index (χ0v) is 10.7. The molecule has 1 heterocycles. The molecule has 0 aliphatic rings. The number of benzene rings is 1. The molecule has 2 rings (SSSR count). The highest BCUT2D eigenvalue weighted by molar-refractivity contribution is 5.29. The normalized spacial score (nSPS) is 12.4. The molecule has 1 unspecified atom stereocenters. The van der Waals surface area contributed by atoms with Crippen molar-refractivity contribution in [1.29, 1.82) is 0 Å². The van der Waals surface area contributed by atoms with Crippen LogP contribution in [0.2, 0.25) is 0 Å². The summed E-state index contributed by atoms with van der Waals surface area (Å²) in [6, 6.07) is 5.06. The van der Waals surface area contributed by atoms with Crippen LogP contribution in [0.15, 0.2) is 36.7 Å². The average molecular weight is 262 g/mol. The van der Waals surface area contributed by atoms with Crippen LogP contribution in [0.5, 0.6) is 0 Å². The summed E-state index contributed by atoms with van der Waals surface area (Å²) >= 11 is 0. The van der Waals surface area contributed by atoms with Gasteiger partial charge in [0.1, 0.15) is 11.6 Å². The fraction of sp³-hybridized carbons (Fsp3) is 0.267. The molecule has 2 aromatic rings. The van der Waals surface area contributed by atoms with Crippen LogP contribution in [0.4, 0.5) is 8.78 Å². The SMILES string of the molecule is CCc1cnccc1C(N)Cc1cc(F)cc(F)c1. The van der Waals surface area contributed by atoms with E-state index in [4.69, 9.17) is 5.73 Å². The van der Waals surface area contributed by atoms with Crippen LogP contribution < -0.4 is 5.73 Å². The van der Waals surface area contributed by atoms with Gasteiger partial charge < -0.3 is 5.73 Å². The Morgan fingerprint density at radius 2 is 1.89 bits per heavy atom. The second-order valence-electron chi connectivity index (χ2n) is 4.52.